The van der Waals surface area contributed by atoms with Crippen molar-refractivity contribution in [2.24, 2.45) is 0 Å². The summed E-state index contributed by atoms with van der Waals surface area (Å²) in [6, 6.07) is 11.2. The van der Waals surface area contributed by atoms with Gasteiger partial charge < -0.3 is 5.32 Å². The third-order valence-corrected chi connectivity index (χ3v) is 3.79. The van der Waals surface area contributed by atoms with Crippen molar-refractivity contribution < 1.29 is 13.6 Å². The quantitative estimate of drug-likeness (QED) is 0.782. The van der Waals surface area contributed by atoms with Crippen molar-refractivity contribution in [2.75, 3.05) is 5.32 Å². The van der Waals surface area contributed by atoms with Gasteiger partial charge in [0.05, 0.1) is 12.0 Å². The van der Waals surface area contributed by atoms with Crippen LogP contribution in [0.4, 0.5) is 14.5 Å². The van der Waals surface area contributed by atoms with Gasteiger partial charge in [-0.1, -0.05) is 6.07 Å². The first kappa shape index (κ1) is 17.5. The minimum atomic E-state index is -0.480. The average molecular weight is 355 g/mol. The van der Waals surface area contributed by atoms with Crippen LogP contribution in [0.25, 0.3) is 11.3 Å². The van der Waals surface area contributed by atoms with Gasteiger partial charge in [-0.2, -0.15) is 0 Å². The first-order valence-electron chi connectivity index (χ1n) is 7.81. The molecule has 0 fully saturated rings. The van der Waals surface area contributed by atoms with Crippen molar-refractivity contribution in [2.45, 2.75) is 13.5 Å². The second-order valence-electron chi connectivity index (χ2n) is 5.76. The maximum Gasteiger partial charge on any atom is 0.254 e. The lowest BCUT2D eigenvalue weighted by Gasteiger charge is -2.09. The highest BCUT2D eigenvalue weighted by Gasteiger charge is 2.09. The van der Waals surface area contributed by atoms with Crippen LogP contribution in [0.2, 0.25) is 0 Å². The Hall–Kier alpha value is -3.35. The zero-order valence-electron chi connectivity index (χ0n) is 13.9. The van der Waals surface area contributed by atoms with E-state index < -0.39 is 17.3 Å². The molecule has 1 amide bonds. The van der Waals surface area contributed by atoms with Crippen molar-refractivity contribution in [3.63, 3.8) is 0 Å². The number of amides is 1. The standard InChI is InChI=1S/C19H15F2N3O2/c1-12-2-7-15(8-16(12)21)23-18(25)10-24-11-22-17(9-19(24)26)13-3-5-14(20)6-4-13/h2-9,11H,10H2,1H3,(H,23,25). The molecule has 1 heterocycles. The Morgan fingerprint density at radius 2 is 1.85 bits per heavy atom. The van der Waals surface area contributed by atoms with Crippen LogP contribution in [0.5, 0.6) is 0 Å². The van der Waals surface area contributed by atoms with Gasteiger partial charge in [0.1, 0.15) is 18.2 Å². The zero-order chi connectivity index (χ0) is 18.7. The molecule has 0 unspecified atom stereocenters. The number of rotatable bonds is 4. The van der Waals surface area contributed by atoms with Crippen molar-refractivity contribution in [3.05, 3.63) is 82.4 Å². The highest BCUT2D eigenvalue weighted by molar-refractivity contribution is 5.90. The molecule has 7 heteroatoms. The van der Waals surface area contributed by atoms with Crippen LogP contribution in [0.3, 0.4) is 0 Å². The normalized spacial score (nSPS) is 10.6. The Bertz CT molecular complexity index is 1010. The Labute approximate surface area is 147 Å². The summed E-state index contributed by atoms with van der Waals surface area (Å²) in [5, 5.41) is 2.53. The number of anilines is 1. The number of aromatic nitrogens is 2. The van der Waals surface area contributed by atoms with Crippen LogP contribution in [0, 0.1) is 18.6 Å². The molecule has 5 nitrogen and oxygen atoms in total. The number of halogens is 2. The third kappa shape index (κ3) is 4.00. The summed E-state index contributed by atoms with van der Waals surface area (Å²) >= 11 is 0. The monoisotopic (exact) mass is 355 g/mol. The number of aryl methyl sites for hydroxylation is 1. The summed E-state index contributed by atoms with van der Waals surface area (Å²) in [5.41, 5.74) is 1.33. The summed E-state index contributed by atoms with van der Waals surface area (Å²) in [4.78, 5) is 28.4. The van der Waals surface area contributed by atoms with E-state index in [1.165, 1.54) is 42.7 Å². The van der Waals surface area contributed by atoms with Crippen molar-refractivity contribution >= 4 is 11.6 Å². The fraction of sp³-hybridized carbons (Fsp3) is 0.105. The minimum absolute atomic E-state index is 0.259. The second kappa shape index (κ2) is 7.26. The predicted octanol–water partition coefficient (Wildman–Crippen LogP) is 3.14. The SMILES string of the molecule is Cc1ccc(NC(=O)Cn2cnc(-c3ccc(F)cc3)cc2=O)cc1F. The van der Waals surface area contributed by atoms with Gasteiger partial charge in [0, 0.05) is 17.3 Å². The van der Waals surface area contributed by atoms with Gasteiger partial charge in [-0.15, -0.1) is 0 Å². The smallest absolute Gasteiger partial charge is 0.254 e. The number of carbonyl (C=O) groups excluding carboxylic acids is 1. The summed E-state index contributed by atoms with van der Waals surface area (Å²) in [6.45, 7) is 1.36. The molecule has 26 heavy (non-hydrogen) atoms. The topological polar surface area (TPSA) is 64.0 Å². The molecule has 0 aliphatic heterocycles. The van der Waals surface area contributed by atoms with E-state index in [2.05, 4.69) is 10.3 Å². The van der Waals surface area contributed by atoms with E-state index in [1.54, 1.807) is 19.1 Å². The van der Waals surface area contributed by atoms with E-state index in [1.807, 2.05) is 0 Å². The Balaban J connectivity index is 1.73. The van der Waals surface area contributed by atoms with Crippen LogP contribution in [0.1, 0.15) is 5.56 Å². The Morgan fingerprint density at radius 3 is 2.50 bits per heavy atom. The molecule has 0 spiro atoms. The molecule has 0 saturated heterocycles. The molecule has 3 aromatic rings. The molecular formula is C19H15F2N3O2. The molecule has 0 radical (unpaired) electrons. The first-order chi connectivity index (χ1) is 12.4. The van der Waals surface area contributed by atoms with Gasteiger partial charge >= 0.3 is 0 Å². The molecular weight excluding hydrogens is 340 g/mol. The van der Waals surface area contributed by atoms with Crippen LogP contribution in [0.15, 0.2) is 59.7 Å². The molecule has 1 N–H and O–H groups in total. The van der Waals surface area contributed by atoms with Crippen LogP contribution < -0.4 is 10.9 Å². The molecule has 0 aliphatic carbocycles. The number of carbonyl (C=O) groups is 1. The Kier molecular flexibility index (Phi) is 4.88. The van der Waals surface area contributed by atoms with Gasteiger partial charge in [0.25, 0.3) is 5.56 Å². The zero-order valence-corrected chi connectivity index (χ0v) is 13.9. The van der Waals surface area contributed by atoms with Crippen molar-refractivity contribution in [1.82, 2.24) is 9.55 Å². The summed E-state index contributed by atoms with van der Waals surface area (Å²) in [6.07, 6.45) is 1.25. The van der Waals surface area contributed by atoms with Gasteiger partial charge in [-0.3, -0.25) is 14.2 Å². The van der Waals surface area contributed by atoms with Crippen LogP contribution in [-0.4, -0.2) is 15.5 Å². The molecule has 2 aromatic carbocycles. The fourth-order valence-electron chi connectivity index (χ4n) is 2.35. The summed E-state index contributed by atoms with van der Waals surface area (Å²) in [5.74, 6) is -1.29. The van der Waals surface area contributed by atoms with E-state index in [4.69, 9.17) is 0 Å². The number of hydrogen-bond acceptors (Lipinski definition) is 3. The lowest BCUT2D eigenvalue weighted by molar-refractivity contribution is -0.116. The molecule has 0 saturated carbocycles. The average Bonchev–Trinajstić information content (AvgIpc) is 2.60. The maximum absolute atomic E-state index is 13.5. The number of hydrogen-bond donors (Lipinski definition) is 1. The van der Waals surface area contributed by atoms with Gasteiger partial charge in [-0.05, 0) is 48.9 Å². The number of benzene rings is 2. The highest BCUT2D eigenvalue weighted by Crippen LogP contribution is 2.15. The van der Waals surface area contributed by atoms with E-state index in [-0.39, 0.29) is 12.4 Å². The highest BCUT2D eigenvalue weighted by atomic mass is 19.1. The largest absolute Gasteiger partial charge is 0.324 e. The maximum atomic E-state index is 13.5. The number of nitrogens with one attached hydrogen (secondary N) is 1. The summed E-state index contributed by atoms with van der Waals surface area (Å²) < 4.78 is 27.6. The first-order valence-corrected chi connectivity index (χ1v) is 7.81. The van der Waals surface area contributed by atoms with Crippen LogP contribution in [-0.2, 0) is 11.3 Å². The Morgan fingerprint density at radius 1 is 1.12 bits per heavy atom. The number of nitrogens with zero attached hydrogens (tertiary/aromatic N) is 2. The molecule has 0 aliphatic rings. The van der Waals surface area contributed by atoms with Crippen LogP contribution >= 0.6 is 0 Å². The van der Waals surface area contributed by atoms with Crippen molar-refractivity contribution in [1.29, 1.82) is 0 Å². The molecule has 3 rings (SSSR count). The predicted molar refractivity (Wildman–Crippen MR) is 93.7 cm³/mol. The van der Waals surface area contributed by atoms with E-state index in [0.29, 0.717) is 22.5 Å². The van der Waals surface area contributed by atoms with E-state index >= 15 is 0 Å². The molecule has 0 bridgehead atoms. The van der Waals surface area contributed by atoms with Crippen molar-refractivity contribution in [3.8, 4) is 11.3 Å². The van der Waals surface area contributed by atoms with Gasteiger partial charge in [-0.25, -0.2) is 13.8 Å². The third-order valence-electron chi connectivity index (χ3n) is 3.79. The molecule has 132 valence electrons. The summed E-state index contributed by atoms with van der Waals surface area (Å²) in [7, 11) is 0. The minimum Gasteiger partial charge on any atom is -0.324 e. The lowest BCUT2D eigenvalue weighted by atomic mass is 10.1. The van der Waals surface area contributed by atoms with Gasteiger partial charge in [0.15, 0.2) is 0 Å². The molecule has 0 atom stereocenters. The molecule has 1 aromatic heterocycles. The fourth-order valence-corrected chi connectivity index (χ4v) is 2.35. The van der Waals surface area contributed by atoms with E-state index in [0.717, 1.165) is 4.57 Å². The second-order valence-corrected chi connectivity index (χ2v) is 5.76. The van der Waals surface area contributed by atoms with E-state index in [9.17, 15) is 18.4 Å². The lowest BCUT2D eigenvalue weighted by Crippen LogP contribution is -2.27. The van der Waals surface area contributed by atoms with Gasteiger partial charge in [0.2, 0.25) is 5.91 Å².